The summed E-state index contributed by atoms with van der Waals surface area (Å²) in [5.74, 6) is 0. The van der Waals surface area contributed by atoms with E-state index in [-0.39, 0.29) is 0 Å². The zero-order valence-electron chi connectivity index (χ0n) is 5.58. The fourth-order valence-electron chi connectivity index (χ4n) is 0.605. The van der Waals surface area contributed by atoms with E-state index in [0.29, 0.717) is 6.42 Å². The van der Waals surface area contributed by atoms with Gasteiger partial charge in [-0.2, -0.15) is 0 Å². The van der Waals surface area contributed by atoms with Gasteiger partial charge in [-0.05, 0) is 6.42 Å². The molecular weight excluding hydrogens is 116 g/mol. The van der Waals surface area contributed by atoms with E-state index in [4.69, 9.17) is 10.2 Å². The Morgan fingerprint density at radius 1 is 1.44 bits per heavy atom. The maximum Gasteiger partial charge on any atom is 0.108 e. The van der Waals surface area contributed by atoms with Gasteiger partial charge in [0.1, 0.15) is 6.61 Å². The van der Waals surface area contributed by atoms with Crippen LogP contribution in [0.2, 0.25) is 0 Å². The molecule has 2 N–H and O–H groups in total. The molecule has 0 spiro atoms. The lowest BCUT2D eigenvalue weighted by atomic mass is 10.1. The lowest BCUT2D eigenvalue weighted by molar-refractivity contribution is 0.134. The fourth-order valence-corrected chi connectivity index (χ4v) is 0.605. The number of hydrogen-bond acceptors (Lipinski definition) is 2. The van der Waals surface area contributed by atoms with Gasteiger partial charge >= 0.3 is 0 Å². The van der Waals surface area contributed by atoms with Gasteiger partial charge in [-0.3, -0.25) is 0 Å². The van der Waals surface area contributed by atoms with Crippen molar-refractivity contribution in [1.82, 2.24) is 0 Å². The summed E-state index contributed by atoms with van der Waals surface area (Å²) >= 11 is 0. The van der Waals surface area contributed by atoms with Gasteiger partial charge in [0.15, 0.2) is 0 Å². The predicted octanol–water partition coefficient (Wildman–Crippen LogP) is 1.28. The normalized spacial score (nSPS) is 13.7. The molecule has 0 rings (SSSR count). The van der Waals surface area contributed by atoms with Gasteiger partial charge in [0.25, 0.3) is 0 Å². The molecule has 1 atom stereocenters. The van der Waals surface area contributed by atoms with Crippen LogP contribution in [-0.2, 0) is 0 Å². The van der Waals surface area contributed by atoms with E-state index in [1.165, 1.54) is 0 Å². The number of aliphatic hydroxyl groups excluding tert-OH is 2. The van der Waals surface area contributed by atoms with Gasteiger partial charge in [-0.25, -0.2) is 0 Å². The van der Waals surface area contributed by atoms with E-state index in [2.05, 4.69) is 6.92 Å². The van der Waals surface area contributed by atoms with E-state index in [1.807, 2.05) is 0 Å². The van der Waals surface area contributed by atoms with Crippen molar-refractivity contribution < 1.29 is 10.2 Å². The van der Waals surface area contributed by atoms with Crippen LogP contribution < -0.4 is 0 Å². The number of rotatable bonds is 5. The van der Waals surface area contributed by atoms with Crippen LogP contribution in [0.3, 0.4) is 0 Å². The highest BCUT2D eigenvalue weighted by Gasteiger charge is 1.99. The Morgan fingerprint density at radius 2 is 2.11 bits per heavy atom. The maximum absolute atomic E-state index is 8.76. The van der Waals surface area contributed by atoms with Crippen LogP contribution in [0.4, 0.5) is 0 Å². The summed E-state index contributed by atoms with van der Waals surface area (Å²) in [4.78, 5) is 0. The summed E-state index contributed by atoms with van der Waals surface area (Å²) in [6.45, 7) is 4.48. The topological polar surface area (TPSA) is 40.5 Å². The van der Waals surface area contributed by atoms with E-state index < -0.39 is 6.10 Å². The molecule has 0 aromatic rings. The zero-order valence-corrected chi connectivity index (χ0v) is 5.58. The Bertz CT molecular complexity index is 54.9. The Balaban J connectivity index is 2.88. The van der Waals surface area contributed by atoms with Gasteiger partial charge in [0.2, 0.25) is 0 Å². The summed E-state index contributed by atoms with van der Waals surface area (Å²) in [6, 6.07) is 0. The fraction of sp³-hybridized carbons (Fsp3) is 0.714. The van der Waals surface area contributed by atoms with Gasteiger partial charge in [-0.1, -0.05) is 26.2 Å². The van der Waals surface area contributed by atoms with E-state index in [9.17, 15) is 0 Å². The van der Waals surface area contributed by atoms with Crippen molar-refractivity contribution in [3.05, 3.63) is 13.5 Å². The second-order valence-corrected chi connectivity index (χ2v) is 2.07. The largest absolute Gasteiger partial charge is 0.390 e. The first-order chi connectivity index (χ1) is 4.31. The van der Waals surface area contributed by atoms with Crippen molar-refractivity contribution in [3.63, 3.8) is 0 Å². The van der Waals surface area contributed by atoms with Crippen LogP contribution in [0.5, 0.6) is 0 Å². The monoisotopic (exact) mass is 130 g/mol. The molecule has 2 heteroatoms. The lowest BCUT2D eigenvalue weighted by Crippen LogP contribution is -2.05. The first kappa shape index (κ1) is 8.92. The molecule has 54 valence electrons. The molecule has 0 aliphatic rings. The standard InChI is InChI=1S/C7H14O2/c1-2-3-4-5-7(9)6-8/h6-9H,1-5H2. The molecule has 0 heterocycles. The maximum atomic E-state index is 8.76. The van der Waals surface area contributed by atoms with Crippen molar-refractivity contribution in [2.24, 2.45) is 0 Å². The molecule has 2 radical (unpaired) electrons. The van der Waals surface area contributed by atoms with Crippen molar-refractivity contribution >= 4 is 0 Å². The molecule has 0 aromatic heterocycles. The molecule has 0 amide bonds. The third-order valence-electron chi connectivity index (χ3n) is 1.17. The highest BCUT2D eigenvalue weighted by atomic mass is 16.3. The summed E-state index contributed by atoms with van der Waals surface area (Å²) in [7, 11) is 0. The second kappa shape index (κ2) is 6.05. The van der Waals surface area contributed by atoms with Crippen LogP contribution in [0.1, 0.15) is 25.7 Å². The van der Waals surface area contributed by atoms with Crippen LogP contribution in [0.15, 0.2) is 0 Å². The molecule has 0 aliphatic carbocycles. The molecule has 0 aromatic carbocycles. The number of hydrogen-bond donors (Lipinski definition) is 2. The summed E-state index contributed by atoms with van der Waals surface area (Å²) < 4.78 is 0. The predicted molar refractivity (Wildman–Crippen MR) is 36.1 cm³/mol. The van der Waals surface area contributed by atoms with Crippen LogP contribution in [-0.4, -0.2) is 16.3 Å². The highest BCUT2D eigenvalue weighted by Crippen LogP contribution is 2.03. The Morgan fingerprint density at radius 3 is 2.56 bits per heavy atom. The number of aliphatic hydroxyl groups is 2. The molecule has 0 saturated heterocycles. The van der Waals surface area contributed by atoms with Crippen LogP contribution >= 0.6 is 0 Å². The Kier molecular flexibility index (Phi) is 5.99. The highest BCUT2D eigenvalue weighted by molar-refractivity contribution is 4.62. The molecule has 0 fully saturated rings. The number of unbranched alkanes of at least 4 members (excludes halogenated alkanes) is 2. The van der Waals surface area contributed by atoms with Crippen molar-refractivity contribution in [1.29, 1.82) is 0 Å². The van der Waals surface area contributed by atoms with E-state index in [0.717, 1.165) is 25.9 Å². The van der Waals surface area contributed by atoms with Crippen LogP contribution in [0.25, 0.3) is 0 Å². The Hall–Kier alpha value is -0.0800. The minimum absolute atomic E-state index is 0.642. The minimum atomic E-state index is -0.642. The van der Waals surface area contributed by atoms with Gasteiger partial charge in [0, 0.05) is 0 Å². The van der Waals surface area contributed by atoms with Crippen molar-refractivity contribution in [3.8, 4) is 0 Å². The van der Waals surface area contributed by atoms with E-state index >= 15 is 0 Å². The molecule has 0 saturated carbocycles. The SMILES string of the molecule is [CH2]CCCCC(O)[CH]O. The molecule has 0 aliphatic heterocycles. The van der Waals surface area contributed by atoms with Crippen LogP contribution in [0, 0.1) is 13.5 Å². The third-order valence-corrected chi connectivity index (χ3v) is 1.17. The summed E-state index contributed by atoms with van der Waals surface area (Å²) in [6.07, 6.45) is 2.85. The summed E-state index contributed by atoms with van der Waals surface area (Å²) in [5.41, 5.74) is 0. The first-order valence-electron chi connectivity index (χ1n) is 3.26. The Labute approximate surface area is 56.5 Å². The van der Waals surface area contributed by atoms with Gasteiger partial charge < -0.3 is 10.2 Å². The smallest absolute Gasteiger partial charge is 0.108 e. The zero-order chi connectivity index (χ0) is 7.11. The minimum Gasteiger partial charge on any atom is -0.390 e. The average Bonchev–Trinajstić information content (AvgIpc) is 1.89. The second-order valence-electron chi connectivity index (χ2n) is 2.07. The summed E-state index contributed by atoms with van der Waals surface area (Å²) in [5, 5.41) is 17.0. The molecule has 0 bridgehead atoms. The van der Waals surface area contributed by atoms with E-state index in [1.54, 1.807) is 0 Å². The van der Waals surface area contributed by atoms with Crippen molar-refractivity contribution in [2.45, 2.75) is 31.8 Å². The third kappa shape index (κ3) is 5.80. The lowest BCUT2D eigenvalue weighted by Gasteiger charge is -2.03. The van der Waals surface area contributed by atoms with Crippen molar-refractivity contribution in [2.75, 3.05) is 0 Å². The molecule has 1 unspecified atom stereocenters. The molecule has 9 heavy (non-hydrogen) atoms. The average molecular weight is 130 g/mol. The van der Waals surface area contributed by atoms with Gasteiger partial charge in [-0.15, -0.1) is 0 Å². The van der Waals surface area contributed by atoms with Gasteiger partial charge in [0.05, 0.1) is 6.10 Å². The molecular formula is C7H14O2. The first-order valence-corrected chi connectivity index (χ1v) is 3.26. The quantitative estimate of drug-likeness (QED) is 0.550. The molecule has 2 nitrogen and oxygen atoms in total.